The summed E-state index contributed by atoms with van der Waals surface area (Å²) in [6, 6.07) is 6.08. The minimum absolute atomic E-state index is 0.0602. The van der Waals surface area contributed by atoms with Gasteiger partial charge in [-0.15, -0.1) is 0 Å². The maximum Gasteiger partial charge on any atom is 0.323 e. The van der Waals surface area contributed by atoms with Crippen LogP contribution in [0, 0.1) is 0 Å². The third kappa shape index (κ3) is 3.15. The summed E-state index contributed by atoms with van der Waals surface area (Å²) in [5, 5.41) is 0. The van der Waals surface area contributed by atoms with Crippen LogP contribution >= 0.6 is 15.9 Å². The number of halogens is 1. The molecule has 5 heteroatoms. The van der Waals surface area contributed by atoms with Gasteiger partial charge in [-0.3, -0.25) is 9.59 Å². The lowest BCUT2D eigenvalue weighted by molar-refractivity contribution is -0.142. The Hall–Kier alpha value is -1.20. The molecule has 0 aliphatic rings. The number of rotatable bonds is 4. The fraction of sp³-hybridized carbons (Fsp3) is 0.273. The Morgan fingerprint density at radius 2 is 2.06 bits per heavy atom. The average molecular weight is 286 g/mol. The van der Waals surface area contributed by atoms with E-state index in [9.17, 15) is 9.59 Å². The molecule has 0 aromatic heterocycles. The van der Waals surface area contributed by atoms with Gasteiger partial charge in [0.25, 0.3) is 0 Å². The Morgan fingerprint density at radius 1 is 1.44 bits per heavy atom. The zero-order valence-electron chi connectivity index (χ0n) is 8.77. The maximum atomic E-state index is 11.8. The topological polar surface area (TPSA) is 69.4 Å². The number of esters is 1. The van der Waals surface area contributed by atoms with Crippen LogP contribution in [0.3, 0.4) is 0 Å². The highest BCUT2D eigenvalue weighted by Crippen LogP contribution is 2.17. The molecule has 1 rings (SSSR count). The van der Waals surface area contributed by atoms with Gasteiger partial charge in [0.1, 0.15) is 6.04 Å². The van der Waals surface area contributed by atoms with Gasteiger partial charge >= 0.3 is 5.97 Å². The molecule has 1 aromatic rings. The molecule has 0 heterocycles. The van der Waals surface area contributed by atoms with Crippen LogP contribution in [0.25, 0.3) is 0 Å². The van der Waals surface area contributed by atoms with E-state index in [4.69, 9.17) is 5.73 Å². The highest BCUT2D eigenvalue weighted by Gasteiger charge is 2.19. The van der Waals surface area contributed by atoms with Gasteiger partial charge < -0.3 is 10.5 Å². The minimum atomic E-state index is -0.912. The van der Waals surface area contributed by atoms with Gasteiger partial charge in [0, 0.05) is 16.5 Å². The molecule has 0 fully saturated rings. The fourth-order valence-electron chi connectivity index (χ4n) is 1.23. The molecule has 1 unspecified atom stereocenters. The van der Waals surface area contributed by atoms with Crippen LogP contribution in [0.15, 0.2) is 28.7 Å². The molecule has 4 nitrogen and oxygen atoms in total. The van der Waals surface area contributed by atoms with Crippen molar-refractivity contribution in [2.75, 3.05) is 7.11 Å². The van der Waals surface area contributed by atoms with Gasteiger partial charge in [-0.1, -0.05) is 34.1 Å². The number of ether oxygens (including phenoxy) is 1. The number of ketones is 1. The lowest BCUT2D eigenvalue weighted by Gasteiger charge is -2.08. The van der Waals surface area contributed by atoms with Gasteiger partial charge in [-0.05, 0) is 6.07 Å². The summed E-state index contributed by atoms with van der Waals surface area (Å²) in [6.07, 6.45) is -0.0602. The monoisotopic (exact) mass is 285 g/mol. The lowest BCUT2D eigenvalue weighted by Crippen LogP contribution is -2.33. The Morgan fingerprint density at radius 3 is 2.62 bits per heavy atom. The molecule has 16 heavy (non-hydrogen) atoms. The normalized spacial score (nSPS) is 11.9. The molecule has 0 aliphatic heterocycles. The van der Waals surface area contributed by atoms with Crippen LogP contribution in [0.4, 0.5) is 0 Å². The molecule has 1 atom stereocenters. The van der Waals surface area contributed by atoms with E-state index >= 15 is 0 Å². The summed E-state index contributed by atoms with van der Waals surface area (Å²) in [7, 11) is 1.24. The SMILES string of the molecule is COC(=O)C(N)CC(=O)c1ccccc1Br. The van der Waals surface area contributed by atoms with Crippen molar-refractivity contribution in [3.63, 3.8) is 0 Å². The molecule has 0 saturated carbocycles. The molecule has 86 valence electrons. The van der Waals surface area contributed by atoms with Crippen LogP contribution in [0.5, 0.6) is 0 Å². The molecule has 1 aromatic carbocycles. The van der Waals surface area contributed by atoms with Crippen molar-refractivity contribution in [2.45, 2.75) is 12.5 Å². The second-order valence-corrected chi connectivity index (χ2v) is 4.09. The fourth-order valence-corrected chi connectivity index (χ4v) is 1.74. The summed E-state index contributed by atoms with van der Waals surface area (Å²) in [5.41, 5.74) is 6.02. The largest absolute Gasteiger partial charge is 0.468 e. The van der Waals surface area contributed by atoms with Gasteiger partial charge in [0.15, 0.2) is 5.78 Å². The van der Waals surface area contributed by atoms with Crippen molar-refractivity contribution < 1.29 is 14.3 Å². The molecule has 0 amide bonds. The standard InChI is InChI=1S/C11H12BrNO3/c1-16-11(15)9(13)6-10(14)7-4-2-3-5-8(7)12/h2-5,9H,6,13H2,1H3. The second-order valence-electron chi connectivity index (χ2n) is 3.24. The Bertz CT molecular complexity index is 406. The maximum absolute atomic E-state index is 11.8. The quantitative estimate of drug-likeness (QED) is 0.673. The molecule has 2 N–H and O–H groups in total. The van der Waals surface area contributed by atoms with E-state index in [1.165, 1.54) is 7.11 Å². The van der Waals surface area contributed by atoms with E-state index in [0.29, 0.717) is 10.0 Å². The summed E-state index contributed by atoms with van der Waals surface area (Å²) in [4.78, 5) is 22.8. The van der Waals surface area contributed by atoms with Crippen molar-refractivity contribution in [3.8, 4) is 0 Å². The summed E-state index contributed by atoms with van der Waals surface area (Å²) < 4.78 is 5.14. The molecule has 0 aliphatic carbocycles. The number of hydrogen-bond acceptors (Lipinski definition) is 4. The summed E-state index contributed by atoms with van der Waals surface area (Å²) in [5.74, 6) is -0.772. The zero-order chi connectivity index (χ0) is 12.1. The number of Topliss-reactive ketones (excluding diaryl/α,β-unsaturated/α-hetero) is 1. The van der Waals surface area contributed by atoms with E-state index < -0.39 is 12.0 Å². The van der Waals surface area contributed by atoms with Crippen LogP contribution in [-0.4, -0.2) is 24.9 Å². The van der Waals surface area contributed by atoms with Crippen LogP contribution in [-0.2, 0) is 9.53 Å². The van der Waals surface area contributed by atoms with E-state index in [-0.39, 0.29) is 12.2 Å². The second kappa shape index (κ2) is 5.77. The summed E-state index contributed by atoms with van der Waals surface area (Å²) >= 11 is 3.26. The Labute approximate surface area is 102 Å². The molecule has 0 spiro atoms. The van der Waals surface area contributed by atoms with Crippen molar-refractivity contribution in [1.29, 1.82) is 0 Å². The average Bonchev–Trinajstić information content (AvgIpc) is 2.28. The minimum Gasteiger partial charge on any atom is -0.468 e. The third-order valence-corrected chi connectivity index (χ3v) is 2.78. The van der Waals surface area contributed by atoms with Crippen molar-refractivity contribution >= 4 is 27.7 Å². The van der Waals surface area contributed by atoms with Crippen molar-refractivity contribution in [1.82, 2.24) is 0 Å². The number of methoxy groups -OCH3 is 1. The first kappa shape index (κ1) is 12.9. The van der Waals surface area contributed by atoms with Crippen LogP contribution in [0.2, 0.25) is 0 Å². The molecular formula is C11H12BrNO3. The van der Waals surface area contributed by atoms with Gasteiger partial charge in [0.05, 0.1) is 7.11 Å². The number of nitrogens with two attached hydrogens (primary N) is 1. The van der Waals surface area contributed by atoms with Gasteiger partial charge in [-0.2, -0.15) is 0 Å². The number of hydrogen-bond donors (Lipinski definition) is 1. The highest BCUT2D eigenvalue weighted by molar-refractivity contribution is 9.10. The van der Waals surface area contributed by atoms with Crippen LogP contribution in [0.1, 0.15) is 16.8 Å². The predicted octanol–water partition coefficient (Wildman–Crippen LogP) is 1.52. The van der Waals surface area contributed by atoms with Crippen LogP contribution < -0.4 is 5.73 Å². The smallest absolute Gasteiger partial charge is 0.323 e. The summed E-state index contributed by atoms with van der Waals surface area (Å²) in [6.45, 7) is 0. The van der Waals surface area contributed by atoms with E-state index in [0.717, 1.165) is 0 Å². The highest BCUT2D eigenvalue weighted by atomic mass is 79.9. The molecular weight excluding hydrogens is 274 g/mol. The van der Waals surface area contributed by atoms with Gasteiger partial charge in [-0.25, -0.2) is 0 Å². The molecule has 0 bridgehead atoms. The third-order valence-electron chi connectivity index (χ3n) is 2.08. The number of carbonyl (C=O) groups excluding carboxylic acids is 2. The van der Waals surface area contributed by atoms with E-state index in [1.807, 2.05) is 0 Å². The first-order chi connectivity index (χ1) is 7.56. The molecule has 0 radical (unpaired) electrons. The molecule has 0 saturated heterocycles. The van der Waals surface area contributed by atoms with Crippen molar-refractivity contribution in [2.24, 2.45) is 5.73 Å². The van der Waals surface area contributed by atoms with Gasteiger partial charge in [0.2, 0.25) is 0 Å². The number of carbonyl (C=O) groups is 2. The Balaban J connectivity index is 2.73. The zero-order valence-corrected chi connectivity index (χ0v) is 10.4. The van der Waals surface area contributed by atoms with E-state index in [2.05, 4.69) is 20.7 Å². The lowest BCUT2D eigenvalue weighted by atomic mass is 10.0. The predicted molar refractivity (Wildman–Crippen MR) is 63.1 cm³/mol. The van der Waals surface area contributed by atoms with E-state index in [1.54, 1.807) is 24.3 Å². The number of benzene rings is 1. The Kier molecular flexibility index (Phi) is 4.64. The first-order valence-corrected chi connectivity index (χ1v) is 5.46. The first-order valence-electron chi connectivity index (χ1n) is 4.67. The van der Waals surface area contributed by atoms with Crippen molar-refractivity contribution in [3.05, 3.63) is 34.3 Å².